The number of rotatable bonds is 5. The topological polar surface area (TPSA) is 49.3 Å². The molecule has 2 unspecified atom stereocenters. The van der Waals surface area contributed by atoms with Crippen molar-refractivity contribution < 1.29 is 9.90 Å². The molecule has 0 spiro atoms. The summed E-state index contributed by atoms with van der Waals surface area (Å²) in [5, 5.41) is 14.7. The highest BCUT2D eigenvalue weighted by Crippen LogP contribution is 2.21. The first-order chi connectivity index (χ1) is 7.86. The quantitative estimate of drug-likeness (QED) is 0.876. The number of halogens is 1. The van der Waals surface area contributed by atoms with Crippen molar-refractivity contribution >= 4 is 33.2 Å². The van der Waals surface area contributed by atoms with Crippen molar-refractivity contribution in [3.63, 3.8) is 0 Å². The first kappa shape index (κ1) is 14.7. The van der Waals surface area contributed by atoms with Crippen molar-refractivity contribution in [3.05, 3.63) is 20.8 Å². The van der Waals surface area contributed by atoms with Crippen LogP contribution in [0.1, 0.15) is 37.6 Å². The minimum atomic E-state index is -0.863. The number of carbonyl (C=O) groups is 1. The number of carbonyl (C=O) groups excluding carboxylic acids is 1. The van der Waals surface area contributed by atoms with Gasteiger partial charge >= 0.3 is 0 Å². The third-order valence-corrected chi connectivity index (χ3v) is 4.61. The fraction of sp³-hybridized carbons (Fsp3) is 0.583. The molecule has 0 radical (unpaired) electrons. The van der Waals surface area contributed by atoms with E-state index in [9.17, 15) is 9.90 Å². The first-order valence-corrected chi connectivity index (χ1v) is 7.28. The maximum Gasteiger partial charge on any atom is 0.252 e. The number of nitrogens with one attached hydrogen (secondary N) is 1. The van der Waals surface area contributed by atoms with Gasteiger partial charge in [-0.1, -0.05) is 20.3 Å². The lowest BCUT2D eigenvalue weighted by molar-refractivity contribution is 0.00593. The first-order valence-electron chi connectivity index (χ1n) is 5.61. The molecule has 0 saturated heterocycles. The zero-order chi connectivity index (χ0) is 13.1. The van der Waals surface area contributed by atoms with E-state index in [-0.39, 0.29) is 18.4 Å². The van der Waals surface area contributed by atoms with Gasteiger partial charge in [-0.25, -0.2) is 0 Å². The van der Waals surface area contributed by atoms with Crippen LogP contribution in [0.15, 0.2) is 15.2 Å². The molecule has 3 nitrogen and oxygen atoms in total. The maximum atomic E-state index is 11.8. The normalized spacial score (nSPS) is 16.3. The van der Waals surface area contributed by atoms with Crippen LogP contribution in [0.4, 0.5) is 0 Å². The van der Waals surface area contributed by atoms with E-state index in [1.807, 2.05) is 13.8 Å². The molecule has 0 aliphatic rings. The Hall–Kier alpha value is -0.390. The molecule has 0 aromatic carbocycles. The molecule has 96 valence electrons. The van der Waals surface area contributed by atoms with E-state index in [4.69, 9.17) is 0 Å². The number of amides is 1. The van der Waals surface area contributed by atoms with Crippen molar-refractivity contribution in [1.82, 2.24) is 5.32 Å². The second-order valence-electron chi connectivity index (χ2n) is 4.49. The largest absolute Gasteiger partial charge is 0.388 e. The predicted molar refractivity (Wildman–Crippen MR) is 74.4 cm³/mol. The number of hydrogen-bond acceptors (Lipinski definition) is 3. The van der Waals surface area contributed by atoms with E-state index in [0.29, 0.717) is 5.56 Å². The van der Waals surface area contributed by atoms with Crippen molar-refractivity contribution in [2.24, 2.45) is 5.92 Å². The Morgan fingerprint density at radius 1 is 1.71 bits per heavy atom. The monoisotopic (exact) mass is 319 g/mol. The van der Waals surface area contributed by atoms with Gasteiger partial charge in [0.15, 0.2) is 0 Å². The predicted octanol–water partition coefficient (Wildman–Crippen LogP) is 3.04. The lowest BCUT2D eigenvalue weighted by Crippen LogP contribution is -2.45. The Kier molecular flexibility index (Phi) is 5.16. The molecule has 0 saturated carbocycles. The summed E-state index contributed by atoms with van der Waals surface area (Å²) in [6.45, 7) is 6.03. The molecule has 1 rings (SSSR count). The van der Waals surface area contributed by atoms with Gasteiger partial charge in [-0.3, -0.25) is 4.79 Å². The van der Waals surface area contributed by atoms with Crippen LogP contribution in [-0.2, 0) is 0 Å². The van der Waals surface area contributed by atoms with E-state index < -0.39 is 5.60 Å². The Balaban J connectivity index is 2.54. The van der Waals surface area contributed by atoms with Crippen LogP contribution >= 0.6 is 27.3 Å². The molecule has 1 heterocycles. The van der Waals surface area contributed by atoms with Gasteiger partial charge in [0.1, 0.15) is 0 Å². The molecular weight excluding hydrogens is 302 g/mol. The molecule has 0 fully saturated rings. The lowest BCUT2D eigenvalue weighted by atomic mass is 9.88. The van der Waals surface area contributed by atoms with Gasteiger partial charge in [0, 0.05) is 11.9 Å². The summed E-state index contributed by atoms with van der Waals surface area (Å²) in [5.74, 6) is 0.00698. The van der Waals surface area contributed by atoms with E-state index in [1.165, 1.54) is 11.3 Å². The van der Waals surface area contributed by atoms with Gasteiger partial charge in [-0.2, -0.15) is 0 Å². The van der Waals surface area contributed by atoms with Crippen molar-refractivity contribution in [2.45, 2.75) is 32.8 Å². The average Bonchev–Trinajstić information content (AvgIpc) is 2.71. The zero-order valence-corrected chi connectivity index (χ0v) is 12.7. The third-order valence-electron chi connectivity index (χ3n) is 3.11. The van der Waals surface area contributed by atoms with E-state index in [1.54, 1.807) is 18.4 Å². The Labute approximate surface area is 114 Å². The molecular formula is C12H18BrNO2S. The summed E-state index contributed by atoms with van der Waals surface area (Å²) in [7, 11) is 0. The fourth-order valence-electron chi connectivity index (χ4n) is 1.40. The van der Waals surface area contributed by atoms with Crippen molar-refractivity contribution in [3.8, 4) is 0 Å². The van der Waals surface area contributed by atoms with Gasteiger partial charge in [-0.15, -0.1) is 11.3 Å². The second kappa shape index (κ2) is 5.98. The Bertz CT molecular complexity index is 390. The maximum absolute atomic E-state index is 11.8. The van der Waals surface area contributed by atoms with Gasteiger partial charge < -0.3 is 10.4 Å². The van der Waals surface area contributed by atoms with Crippen molar-refractivity contribution in [1.29, 1.82) is 0 Å². The van der Waals surface area contributed by atoms with Crippen LogP contribution in [0.5, 0.6) is 0 Å². The molecule has 1 aromatic heterocycles. The summed E-state index contributed by atoms with van der Waals surface area (Å²) in [6.07, 6.45) is 0.882. The smallest absolute Gasteiger partial charge is 0.252 e. The second-order valence-corrected chi connectivity index (χ2v) is 6.78. The van der Waals surface area contributed by atoms with Crippen LogP contribution < -0.4 is 5.32 Å². The standard InChI is InChI=1S/C12H18BrNO2S/c1-4-8(2)12(3,16)7-14-11(15)9-5-10(13)17-6-9/h5-6,8,16H,4,7H2,1-3H3,(H,14,15). The van der Waals surface area contributed by atoms with E-state index >= 15 is 0 Å². The zero-order valence-electron chi connectivity index (χ0n) is 10.3. The van der Waals surface area contributed by atoms with Crippen LogP contribution in [0.3, 0.4) is 0 Å². The summed E-state index contributed by atoms with van der Waals surface area (Å²) in [4.78, 5) is 11.8. The number of hydrogen-bond donors (Lipinski definition) is 2. The van der Waals surface area contributed by atoms with Crippen LogP contribution in [0.25, 0.3) is 0 Å². The van der Waals surface area contributed by atoms with Gasteiger partial charge in [-0.05, 0) is 34.8 Å². The minimum absolute atomic E-state index is 0.143. The average molecular weight is 320 g/mol. The molecule has 2 N–H and O–H groups in total. The van der Waals surface area contributed by atoms with E-state index in [0.717, 1.165) is 10.2 Å². The number of thiophene rings is 1. The van der Waals surface area contributed by atoms with Crippen LogP contribution in [0, 0.1) is 5.92 Å². The summed E-state index contributed by atoms with van der Waals surface area (Å²) >= 11 is 4.78. The highest BCUT2D eigenvalue weighted by atomic mass is 79.9. The summed E-state index contributed by atoms with van der Waals surface area (Å²) in [5.41, 5.74) is -0.237. The molecule has 0 aliphatic heterocycles. The highest BCUT2D eigenvalue weighted by Gasteiger charge is 2.27. The molecule has 1 aromatic rings. The Morgan fingerprint density at radius 3 is 2.82 bits per heavy atom. The molecule has 0 bridgehead atoms. The number of aliphatic hydroxyl groups is 1. The summed E-state index contributed by atoms with van der Waals surface area (Å²) in [6, 6.07) is 1.78. The van der Waals surface area contributed by atoms with Crippen LogP contribution in [-0.4, -0.2) is 23.2 Å². The van der Waals surface area contributed by atoms with Crippen LogP contribution in [0.2, 0.25) is 0 Å². The minimum Gasteiger partial charge on any atom is -0.388 e. The van der Waals surface area contributed by atoms with Gasteiger partial charge in [0.25, 0.3) is 5.91 Å². The summed E-state index contributed by atoms with van der Waals surface area (Å²) < 4.78 is 0.927. The molecule has 0 aliphatic carbocycles. The third kappa shape index (κ3) is 4.08. The molecule has 17 heavy (non-hydrogen) atoms. The van der Waals surface area contributed by atoms with Gasteiger partial charge in [0.2, 0.25) is 0 Å². The lowest BCUT2D eigenvalue weighted by Gasteiger charge is -2.29. The van der Waals surface area contributed by atoms with E-state index in [2.05, 4.69) is 21.2 Å². The molecule has 5 heteroatoms. The SMILES string of the molecule is CCC(C)C(C)(O)CNC(=O)c1csc(Br)c1. The van der Waals surface area contributed by atoms with Crippen molar-refractivity contribution in [2.75, 3.05) is 6.54 Å². The highest BCUT2D eigenvalue weighted by molar-refractivity contribution is 9.11. The molecule has 1 amide bonds. The molecule has 2 atom stereocenters. The fourth-order valence-corrected chi connectivity index (χ4v) is 2.54. The Morgan fingerprint density at radius 2 is 2.35 bits per heavy atom. The van der Waals surface area contributed by atoms with Gasteiger partial charge in [0.05, 0.1) is 15.0 Å².